The van der Waals surface area contributed by atoms with Crippen LogP contribution in [-0.4, -0.2) is 29.6 Å². The van der Waals surface area contributed by atoms with Crippen molar-refractivity contribution in [2.45, 2.75) is 26.8 Å². The fourth-order valence-electron chi connectivity index (χ4n) is 1.72. The number of carboxylic acids is 1. The van der Waals surface area contributed by atoms with E-state index in [2.05, 4.69) is 18.7 Å². The van der Waals surface area contributed by atoms with Gasteiger partial charge < -0.3 is 10.0 Å². The SMILES string of the molecule is CC(C)CCN(C)Cc1ccccc1C(=O)O. The minimum Gasteiger partial charge on any atom is -0.478 e. The molecule has 0 fully saturated rings. The van der Waals surface area contributed by atoms with E-state index in [4.69, 9.17) is 5.11 Å². The zero-order chi connectivity index (χ0) is 12.8. The highest BCUT2D eigenvalue weighted by Crippen LogP contribution is 2.12. The molecule has 0 aromatic heterocycles. The van der Waals surface area contributed by atoms with Crippen LogP contribution in [0.15, 0.2) is 24.3 Å². The van der Waals surface area contributed by atoms with Crippen molar-refractivity contribution in [2.75, 3.05) is 13.6 Å². The van der Waals surface area contributed by atoms with Crippen molar-refractivity contribution >= 4 is 5.97 Å². The van der Waals surface area contributed by atoms with E-state index in [1.165, 1.54) is 0 Å². The summed E-state index contributed by atoms with van der Waals surface area (Å²) in [6.45, 7) is 6.07. The van der Waals surface area contributed by atoms with Gasteiger partial charge in [0.05, 0.1) is 5.56 Å². The lowest BCUT2D eigenvalue weighted by Gasteiger charge is -2.18. The van der Waals surface area contributed by atoms with Crippen molar-refractivity contribution in [1.82, 2.24) is 4.90 Å². The Morgan fingerprint density at radius 3 is 2.59 bits per heavy atom. The van der Waals surface area contributed by atoms with Gasteiger partial charge >= 0.3 is 5.97 Å². The second kappa shape index (κ2) is 6.40. The molecule has 0 heterocycles. The molecule has 3 heteroatoms. The number of benzene rings is 1. The Labute approximate surface area is 103 Å². The molecule has 17 heavy (non-hydrogen) atoms. The summed E-state index contributed by atoms with van der Waals surface area (Å²) in [5, 5.41) is 9.08. The van der Waals surface area contributed by atoms with Gasteiger partial charge in [-0.2, -0.15) is 0 Å². The topological polar surface area (TPSA) is 40.5 Å². The van der Waals surface area contributed by atoms with Crippen LogP contribution in [0.3, 0.4) is 0 Å². The number of nitrogens with zero attached hydrogens (tertiary/aromatic N) is 1. The smallest absolute Gasteiger partial charge is 0.336 e. The predicted molar refractivity (Wildman–Crippen MR) is 69.2 cm³/mol. The molecular formula is C14H21NO2. The number of carboxylic acid groups (broad SMARTS) is 1. The molecular weight excluding hydrogens is 214 g/mol. The van der Waals surface area contributed by atoms with Crippen LogP contribution >= 0.6 is 0 Å². The number of aromatic carboxylic acids is 1. The number of carbonyl (C=O) groups is 1. The molecule has 0 saturated carbocycles. The van der Waals surface area contributed by atoms with Gasteiger partial charge in [0.2, 0.25) is 0 Å². The Kier molecular flexibility index (Phi) is 5.16. The van der Waals surface area contributed by atoms with Crippen LogP contribution in [0.4, 0.5) is 0 Å². The summed E-state index contributed by atoms with van der Waals surface area (Å²) in [4.78, 5) is 13.2. The van der Waals surface area contributed by atoms with E-state index in [9.17, 15) is 4.79 Å². The molecule has 0 spiro atoms. The van der Waals surface area contributed by atoms with Gasteiger partial charge in [0.1, 0.15) is 0 Å². The van der Waals surface area contributed by atoms with E-state index in [0.29, 0.717) is 18.0 Å². The highest BCUT2D eigenvalue weighted by Gasteiger charge is 2.10. The van der Waals surface area contributed by atoms with Gasteiger partial charge in [-0.05, 0) is 37.6 Å². The third kappa shape index (κ3) is 4.57. The summed E-state index contributed by atoms with van der Waals surface area (Å²) in [5.74, 6) is -0.176. The van der Waals surface area contributed by atoms with Crippen molar-refractivity contribution in [3.8, 4) is 0 Å². The average Bonchev–Trinajstić information content (AvgIpc) is 2.27. The lowest BCUT2D eigenvalue weighted by atomic mass is 10.1. The fourth-order valence-corrected chi connectivity index (χ4v) is 1.72. The molecule has 0 aliphatic rings. The fraction of sp³-hybridized carbons (Fsp3) is 0.500. The Bertz CT molecular complexity index is 374. The van der Waals surface area contributed by atoms with Crippen molar-refractivity contribution < 1.29 is 9.90 Å². The maximum atomic E-state index is 11.1. The first-order chi connectivity index (χ1) is 8.00. The molecule has 0 aliphatic heterocycles. The molecule has 1 aromatic carbocycles. The second-order valence-electron chi connectivity index (χ2n) is 4.88. The van der Waals surface area contributed by atoms with E-state index in [-0.39, 0.29) is 0 Å². The van der Waals surface area contributed by atoms with Gasteiger partial charge in [-0.3, -0.25) is 0 Å². The molecule has 3 nitrogen and oxygen atoms in total. The summed E-state index contributed by atoms with van der Waals surface area (Å²) in [5.41, 5.74) is 1.29. The molecule has 1 rings (SSSR count). The van der Waals surface area contributed by atoms with Crippen LogP contribution in [0.25, 0.3) is 0 Å². The quantitative estimate of drug-likeness (QED) is 0.824. The normalized spacial score (nSPS) is 11.1. The lowest BCUT2D eigenvalue weighted by Crippen LogP contribution is -2.21. The minimum atomic E-state index is -0.849. The minimum absolute atomic E-state index is 0.406. The second-order valence-corrected chi connectivity index (χ2v) is 4.88. The van der Waals surface area contributed by atoms with E-state index in [0.717, 1.165) is 18.5 Å². The monoisotopic (exact) mass is 235 g/mol. The first kappa shape index (κ1) is 13.7. The maximum absolute atomic E-state index is 11.1. The average molecular weight is 235 g/mol. The largest absolute Gasteiger partial charge is 0.478 e. The number of hydrogen-bond acceptors (Lipinski definition) is 2. The van der Waals surface area contributed by atoms with Gasteiger partial charge in [-0.1, -0.05) is 32.0 Å². The molecule has 0 radical (unpaired) electrons. The summed E-state index contributed by atoms with van der Waals surface area (Å²) >= 11 is 0. The molecule has 0 amide bonds. The van der Waals surface area contributed by atoms with E-state index >= 15 is 0 Å². The van der Waals surface area contributed by atoms with E-state index in [1.54, 1.807) is 12.1 Å². The van der Waals surface area contributed by atoms with Gasteiger partial charge in [0.25, 0.3) is 0 Å². The highest BCUT2D eigenvalue weighted by molar-refractivity contribution is 5.89. The maximum Gasteiger partial charge on any atom is 0.336 e. The molecule has 0 bridgehead atoms. The standard InChI is InChI=1S/C14H21NO2/c1-11(2)8-9-15(3)10-12-6-4-5-7-13(12)14(16)17/h4-7,11H,8-10H2,1-3H3,(H,16,17). The van der Waals surface area contributed by atoms with Gasteiger partial charge in [-0.25, -0.2) is 4.79 Å². The molecule has 94 valence electrons. The van der Waals surface area contributed by atoms with Crippen molar-refractivity contribution in [2.24, 2.45) is 5.92 Å². The summed E-state index contributed by atoms with van der Waals surface area (Å²) < 4.78 is 0. The van der Waals surface area contributed by atoms with Crippen molar-refractivity contribution in [1.29, 1.82) is 0 Å². The molecule has 0 atom stereocenters. The number of hydrogen-bond donors (Lipinski definition) is 1. The van der Waals surface area contributed by atoms with Gasteiger partial charge in [0.15, 0.2) is 0 Å². The Morgan fingerprint density at radius 2 is 2.00 bits per heavy atom. The Hall–Kier alpha value is -1.35. The van der Waals surface area contributed by atoms with Crippen molar-refractivity contribution in [3.05, 3.63) is 35.4 Å². The summed E-state index contributed by atoms with van der Waals surface area (Å²) in [6, 6.07) is 7.20. The van der Waals surface area contributed by atoms with Crippen LogP contribution < -0.4 is 0 Å². The molecule has 1 N–H and O–H groups in total. The molecule has 1 aromatic rings. The number of rotatable bonds is 6. The molecule has 0 saturated heterocycles. The Balaban J connectivity index is 2.64. The molecule has 0 aliphatic carbocycles. The van der Waals surface area contributed by atoms with Crippen LogP contribution in [0.5, 0.6) is 0 Å². The third-order valence-corrected chi connectivity index (χ3v) is 2.78. The van der Waals surface area contributed by atoms with Gasteiger partial charge in [0, 0.05) is 6.54 Å². The zero-order valence-corrected chi connectivity index (χ0v) is 10.8. The third-order valence-electron chi connectivity index (χ3n) is 2.78. The predicted octanol–water partition coefficient (Wildman–Crippen LogP) is 2.86. The van der Waals surface area contributed by atoms with Crippen molar-refractivity contribution in [3.63, 3.8) is 0 Å². The zero-order valence-electron chi connectivity index (χ0n) is 10.8. The summed E-state index contributed by atoms with van der Waals surface area (Å²) in [7, 11) is 2.03. The van der Waals surface area contributed by atoms with E-state index < -0.39 is 5.97 Å². The lowest BCUT2D eigenvalue weighted by molar-refractivity contribution is 0.0694. The van der Waals surface area contributed by atoms with Crippen LogP contribution in [0.2, 0.25) is 0 Å². The Morgan fingerprint density at radius 1 is 1.35 bits per heavy atom. The first-order valence-corrected chi connectivity index (χ1v) is 6.00. The highest BCUT2D eigenvalue weighted by atomic mass is 16.4. The first-order valence-electron chi connectivity index (χ1n) is 6.00. The van der Waals surface area contributed by atoms with Crippen LogP contribution in [-0.2, 0) is 6.54 Å². The summed E-state index contributed by atoms with van der Waals surface area (Å²) in [6.07, 6.45) is 1.13. The van der Waals surface area contributed by atoms with Crippen LogP contribution in [0.1, 0.15) is 36.2 Å². The van der Waals surface area contributed by atoms with E-state index in [1.807, 2.05) is 19.2 Å². The molecule has 0 unspecified atom stereocenters. The van der Waals surface area contributed by atoms with Gasteiger partial charge in [-0.15, -0.1) is 0 Å². The van der Waals surface area contributed by atoms with Crippen LogP contribution in [0, 0.1) is 5.92 Å².